The first-order valence-corrected chi connectivity index (χ1v) is 5.35. The zero-order chi connectivity index (χ0) is 11.4. The van der Waals surface area contributed by atoms with Crippen LogP contribution in [0.15, 0.2) is 17.0 Å². The molecule has 3 nitrogen and oxygen atoms in total. The predicted octanol–water partition coefficient (Wildman–Crippen LogP) is 2.33. The second kappa shape index (κ2) is 5.23. The van der Waals surface area contributed by atoms with E-state index in [1.54, 1.807) is 0 Å². The fourth-order valence-corrected chi connectivity index (χ4v) is 1.91. The molecule has 0 saturated heterocycles. The summed E-state index contributed by atoms with van der Waals surface area (Å²) in [5.41, 5.74) is 5.80. The number of methoxy groups -OCH3 is 1. The topological polar surface area (TPSA) is 52.3 Å². The highest BCUT2D eigenvalue weighted by atomic mass is 35.5. The van der Waals surface area contributed by atoms with E-state index in [2.05, 4.69) is 4.74 Å². The summed E-state index contributed by atoms with van der Waals surface area (Å²) in [6.45, 7) is 0. The standard InChI is InChI=1S/C9H9ClFNO2S/c1-14-9(13)4-15-8-2-5(10)6(11)3-7(8)12/h2-3H,4,12H2,1H3. The molecule has 0 fully saturated rings. The number of nitrogen functional groups attached to an aromatic ring is 1. The van der Waals surface area contributed by atoms with Crippen LogP contribution in [0.4, 0.5) is 10.1 Å². The van der Waals surface area contributed by atoms with Gasteiger partial charge in [0.15, 0.2) is 0 Å². The summed E-state index contributed by atoms with van der Waals surface area (Å²) in [6.07, 6.45) is 0. The van der Waals surface area contributed by atoms with Gasteiger partial charge in [0.2, 0.25) is 0 Å². The van der Waals surface area contributed by atoms with Crippen LogP contribution in [0, 0.1) is 5.82 Å². The number of hydrogen-bond acceptors (Lipinski definition) is 4. The van der Waals surface area contributed by atoms with Crippen molar-refractivity contribution in [3.63, 3.8) is 0 Å². The number of anilines is 1. The Kier molecular flexibility index (Phi) is 4.23. The largest absolute Gasteiger partial charge is 0.468 e. The van der Waals surface area contributed by atoms with Crippen molar-refractivity contribution < 1.29 is 13.9 Å². The van der Waals surface area contributed by atoms with Crippen LogP contribution < -0.4 is 5.73 Å². The van der Waals surface area contributed by atoms with Crippen LogP contribution >= 0.6 is 23.4 Å². The number of rotatable bonds is 3. The summed E-state index contributed by atoms with van der Waals surface area (Å²) in [5, 5.41) is -0.0171. The van der Waals surface area contributed by atoms with Gasteiger partial charge in [0.05, 0.1) is 17.9 Å². The van der Waals surface area contributed by atoms with Gasteiger partial charge in [-0.3, -0.25) is 4.79 Å². The third kappa shape index (κ3) is 3.28. The van der Waals surface area contributed by atoms with E-state index in [0.29, 0.717) is 4.90 Å². The number of halogens is 2. The normalized spacial score (nSPS) is 10.1. The molecule has 15 heavy (non-hydrogen) atoms. The third-order valence-corrected chi connectivity index (χ3v) is 2.96. The average Bonchev–Trinajstić information content (AvgIpc) is 2.21. The lowest BCUT2D eigenvalue weighted by molar-refractivity contribution is -0.137. The molecular formula is C9H9ClFNO2S. The van der Waals surface area contributed by atoms with Crippen molar-refractivity contribution >= 4 is 35.0 Å². The van der Waals surface area contributed by atoms with Crippen LogP contribution in [-0.2, 0) is 9.53 Å². The van der Waals surface area contributed by atoms with E-state index < -0.39 is 5.82 Å². The van der Waals surface area contributed by atoms with Crippen LogP contribution in [0.2, 0.25) is 5.02 Å². The molecule has 0 amide bonds. The molecule has 82 valence electrons. The van der Waals surface area contributed by atoms with Gasteiger partial charge in [-0.15, -0.1) is 11.8 Å². The highest BCUT2D eigenvalue weighted by Gasteiger charge is 2.09. The molecule has 0 spiro atoms. The van der Waals surface area contributed by atoms with Crippen molar-refractivity contribution in [3.05, 3.63) is 23.0 Å². The summed E-state index contributed by atoms with van der Waals surface area (Å²) in [5.74, 6) is -0.834. The van der Waals surface area contributed by atoms with E-state index in [1.165, 1.54) is 13.2 Å². The molecular weight excluding hydrogens is 241 g/mol. The maximum Gasteiger partial charge on any atom is 0.315 e. The van der Waals surface area contributed by atoms with Crippen molar-refractivity contribution in [3.8, 4) is 0 Å². The maximum atomic E-state index is 12.9. The minimum atomic E-state index is -0.573. The summed E-state index contributed by atoms with van der Waals surface area (Å²) >= 11 is 6.73. The number of hydrogen-bond donors (Lipinski definition) is 1. The van der Waals surface area contributed by atoms with Gasteiger partial charge in [-0.05, 0) is 12.1 Å². The molecule has 0 aliphatic heterocycles. The Morgan fingerprint density at radius 1 is 1.67 bits per heavy atom. The number of ether oxygens (including phenoxy) is 1. The van der Waals surface area contributed by atoms with Crippen LogP contribution in [0.5, 0.6) is 0 Å². The van der Waals surface area contributed by atoms with Gasteiger partial charge in [-0.2, -0.15) is 0 Å². The lowest BCUT2D eigenvalue weighted by Gasteiger charge is -2.05. The monoisotopic (exact) mass is 249 g/mol. The molecule has 0 aliphatic rings. The number of carbonyl (C=O) groups is 1. The van der Waals surface area contributed by atoms with E-state index in [9.17, 15) is 9.18 Å². The Morgan fingerprint density at radius 3 is 2.93 bits per heavy atom. The van der Waals surface area contributed by atoms with Gasteiger partial charge in [0.25, 0.3) is 0 Å². The number of carbonyl (C=O) groups excluding carboxylic acids is 1. The molecule has 0 unspecified atom stereocenters. The van der Waals surface area contributed by atoms with Gasteiger partial charge < -0.3 is 10.5 Å². The van der Waals surface area contributed by atoms with Crippen molar-refractivity contribution in [2.45, 2.75) is 4.90 Å². The first-order chi connectivity index (χ1) is 7.04. The van der Waals surface area contributed by atoms with Crippen LogP contribution in [0.25, 0.3) is 0 Å². The smallest absolute Gasteiger partial charge is 0.315 e. The predicted molar refractivity (Wildman–Crippen MR) is 58.6 cm³/mol. The Balaban J connectivity index is 2.77. The van der Waals surface area contributed by atoms with Crippen molar-refractivity contribution in [2.24, 2.45) is 0 Å². The number of nitrogens with two attached hydrogens (primary N) is 1. The molecule has 0 atom stereocenters. The number of thioether (sulfide) groups is 1. The van der Waals surface area contributed by atoms with Gasteiger partial charge >= 0.3 is 5.97 Å². The van der Waals surface area contributed by atoms with E-state index >= 15 is 0 Å². The minimum Gasteiger partial charge on any atom is -0.468 e. The van der Waals surface area contributed by atoms with Gasteiger partial charge in [-0.25, -0.2) is 4.39 Å². The molecule has 0 bridgehead atoms. The molecule has 6 heteroatoms. The molecule has 1 rings (SSSR count). The van der Waals surface area contributed by atoms with Crippen LogP contribution in [-0.4, -0.2) is 18.8 Å². The lowest BCUT2D eigenvalue weighted by atomic mass is 10.3. The number of benzene rings is 1. The van der Waals surface area contributed by atoms with Crippen molar-refractivity contribution in [1.29, 1.82) is 0 Å². The second-order valence-corrected chi connectivity index (χ2v) is 4.09. The molecule has 0 heterocycles. The Labute approximate surface area is 95.7 Å². The quantitative estimate of drug-likeness (QED) is 0.508. The zero-order valence-corrected chi connectivity index (χ0v) is 9.49. The Morgan fingerprint density at radius 2 is 2.33 bits per heavy atom. The highest BCUT2D eigenvalue weighted by molar-refractivity contribution is 8.00. The summed E-state index contributed by atoms with van der Waals surface area (Å²) in [6, 6.07) is 2.52. The van der Waals surface area contributed by atoms with Gasteiger partial charge in [0, 0.05) is 10.6 Å². The van der Waals surface area contributed by atoms with E-state index in [-0.39, 0.29) is 22.4 Å². The third-order valence-electron chi connectivity index (χ3n) is 1.63. The van der Waals surface area contributed by atoms with Crippen LogP contribution in [0.1, 0.15) is 0 Å². The SMILES string of the molecule is COC(=O)CSc1cc(Cl)c(F)cc1N. The fraction of sp³-hybridized carbons (Fsp3) is 0.222. The summed E-state index contributed by atoms with van der Waals surface area (Å²) in [7, 11) is 1.30. The minimum absolute atomic E-state index is 0.0171. The molecule has 0 aliphatic carbocycles. The lowest BCUT2D eigenvalue weighted by Crippen LogP contribution is -2.03. The Bertz CT molecular complexity index is 387. The average molecular weight is 250 g/mol. The fourth-order valence-electron chi connectivity index (χ4n) is 0.865. The second-order valence-electron chi connectivity index (χ2n) is 2.67. The first kappa shape index (κ1) is 12.1. The Hall–Kier alpha value is -0.940. The summed E-state index contributed by atoms with van der Waals surface area (Å²) < 4.78 is 17.4. The molecule has 0 aromatic heterocycles. The molecule has 2 N–H and O–H groups in total. The maximum absolute atomic E-state index is 12.9. The molecule has 1 aromatic rings. The molecule has 1 aromatic carbocycles. The van der Waals surface area contributed by atoms with E-state index in [0.717, 1.165) is 17.8 Å². The van der Waals surface area contributed by atoms with Gasteiger partial charge in [-0.1, -0.05) is 11.6 Å². The van der Waals surface area contributed by atoms with Crippen molar-refractivity contribution in [1.82, 2.24) is 0 Å². The number of esters is 1. The van der Waals surface area contributed by atoms with Gasteiger partial charge in [0.1, 0.15) is 5.82 Å². The van der Waals surface area contributed by atoms with Crippen LogP contribution in [0.3, 0.4) is 0 Å². The molecule has 0 radical (unpaired) electrons. The highest BCUT2D eigenvalue weighted by Crippen LogP contribution is 2.30. The zero-order valence-electron chi connectivity index (χ0n) is 7.92. The molecule has 0 saturated carbocycles. The van der Waals surface area contributed by atoms with Crippen molar-refractivity contribution in [2.75, 3.05) is 18.6 Å². The van der Waals surface area contributed by atoms with E-state index in [1.807, 2.05) is 0 Å². The summed E-state index contributed by atoms with van der Waals surface area (Å²) in [4.78, 5) is 11.4. The first-order valence-electron chi connectivity index (χ1n) is 3.98. The van der Waals surface area contributed by atoms with E-state index in [4.69, 9.17) is 17.3 Å².